The smallest absolute Gasteiger partial charge is 0.251 e. The zero-order valence-corrected chi connectivity index (χ0v) is 13.4. The third-order valence-corrected chi connectivity index (χ3v) is 5.24. The van der Waals surface area contributed by atoms with E-state index in [1.165, 1.54) is 7.11 Å². The molecule has 124 valence electrons. The quantitative estimate of drug-likeness (QED) is 0.773. The molecular formula is C16H26N2O4. The van der Waals surface area contributed by atoms with Crippen LogP contribution in [0.3, 0.4) is 0 Å². The molecule has 0 aliphatic carbocycles. The van der Waals surface area contributed by atoms with Crippen molar-refractivity contribution < 1.29 is 19.1 Å². The molecule has 0 N–H and O–H groups in total. The molecule has 22 heavy (non-hydrogen) atoms. The van der Waals surface area contributed by atoms with Crippen LogP contribution < -0.4 is 0 Å². The Morgan fingerprint density at radius 1 is 1.09 bits per heavy atom. The Kier molecular flexibility index (Phi) is 4.68. The summed E-state index contributed by atoms with van der Waals surface area (Å²) in [7, 11) is 1.54. The molecule has 0 aromatic carbocycles. The van der Waals surface area contributed by atoms with Gasteiger partial charge in [-0.2, -0.15) is 0 Å². The fourth-order valence-corrected chi connectivity index (χ4v) is 3.88. The van der Waals surface area contributed by atoms with Crippen LogP contribution >= 0.6 is 0 Å². The summed E-state index contributed by atoms with van der Waals surface area (Å²) in [4.78, 5) is 28.1. The van der Waals surface area contributed by atoms with Gasteiger partial charge in [0.15, 0.2) is 0 Å². The van der Waals surface area contributed by atoms with Gasteiger partial charge in [0, 0.05) is 33.3 Å². The molecule has 1 atom stereocenters. The van der Waals surface area contributed by atoms with Gasteiger partial charge in [0.1, 0.15) is 12.7 Å². The number of ether oxygens (including phenoxy) is 2. The second-order valence-electron chi connectivity index (χ2n) is 6.67. The first kappa shape index (κ1) is 15.7. The van der Waals surface area contributed by atoms with Gasteiger partial charge in [-0.25, -0.2) is 0 Å². The van der Waals surface area contributed by atoms with Crippen LogP contribution in [0.5, 0.6) is 0 Å². The molecule has 0 radical (unpaired) electrons. The lowest BCUT2D eigenvalue weighted by molar-refractivity contribution is -0.153. The second-order valence-corrected chi connectivity index (χ2v) is 6.67. The molecule has 0 saturated carbocycles. The molecule has 0 aromatic rings. The maximum absolute atomic E-state index is 12.5. The Labute approximate surface area is 131 Å². The Balaban J connectivity index is 1.52. The first-order valence-corrected chi connectivity index (χ1v) is 8.37. The Hall–Kier alpha value is -1.14. The summed E-state index contributed by atoms with van der Waals surface area (Å²) >= 11 is 0. The fourth-order valence-electron chi connectivity index (χ4n) is 3.88. The fraction of sp³-hybridized carbons (Fsp3) is 0.875. The first-order valence-electron chi connectivity index (χ1n) is 8.37. The van der Waals surface area contributed by atoms with Gasteiger partial charge in [-0.3, -0.25) is 9.59 Å². The zero-order chi connectivity index (χ0) is 15.6. The third-order valence-electron chi connectivity index (χ3n) is 5.24. The monoisotopic (exact) mass is 310 g/mol. The predicted molar refractivity (Wildman–Crippen MR) is 80.3 cm³/mol. The van der Waals surface area contributed by atoms with E-state index in [4.69, 9.17) is 9.47 Å². The van der Waals surface area contributed by atoms with Crippen molar-refractivity contribution in [1.82, 2.24) is 9.80 Å². The van der Waals surface area contributed by atoms with E-state index in [0.29, 0.717) is 13.1 Å². The second kappa shape index (κ2) is 6.54. The maximum atomic E-state index is 12.5. The number of piperidine rings is 1. The van der Waals surface area contributed by atoms with E-state index in [9.17, 15) is 9.59 Å². The number of hydrogen-bond acceptors (Lipinski definition) is 4. The lowest BCUT2D eigenvalue weighted by Gasteiger charge is -2.39. The van der Waals surface area contributed by atoms with E-state index in [2.05, 4.69) is 0 Å². The first-order chi connectivity index (χ1) is 10.6. The summed E-state index contributed by atoms with van der Waals surface area (Å²) in [6.07, 6.45) is 5.36. The maximum Gasteiger partial charge on any atom is 0.251 e. The van der Waals surface area contributed by atoms with E-state index < -0.39 is 0 Å². The molecule has 6 heteroatoms. The number of carbonyl (C=O) groups excluding carboxylic acids is 2. The molecule has 0 aromatic heterocycles. The summed E-state index contributed by atoms with van der Waals surface area (Å²) in [5.41, 5.74) is -0.191. The topological polar surface area (TPSA) is 59.1 Å². The lowest BCUT2D eigenvalue weighted by atomic mass is 9.88. The van der Waals surface area contributed by atoms with Gasteiger partial charge in [0.2, 0.25) is 5.91 Å². The van der Waals surface area contributed by atoms with Gasteiger partial charge in [-0.05, 0) is 38.5 Å². The highest BCUT2D eigenvalue weighted by atomic mass is 16.5. The average Bonchev–Trinajstić information content (AvgIpc) is 3.18. The highest BCUT2D eigenvalue weighted by Crippen LogP contribution is 2.39. The van der Waals surface area contributed by atoms with E-state index in [-0.39, 0.29) is 30.1 Å². The Morgan fingerprint density at radius 2 is 1.77 bits per heavy atom. The molecule has 3 rings (SSSR count). The van der Waals surface area contributed by atoms with Crippen molar-refractivity contribution in [3.63, 3.8) is 0 Å². The number of likely N-dealkylation sites (tertiary alicyclic amines) is 2. The average molecular weight is 310 g/mol. The van der Waals surface area contributed by atoms with Crippen molar-refractivity contribution in [2.75, 3.05) is 39.9 Å². The molecule has 3 aliphatic heterocycles. The van der Waals surface area contributed by atoms with Gasteiger partial charge in [-0.1, -0.05) is 0 Å². The van der Waals surface area contributed by atoms with E-state index in [0.717, 1.165) is 51.6 Å². The number of carbonyl (C=O) groups is 2. The molecule has 2 amide bonds. The highest BCUT2D eigenvalue weighted by Gasteiger charge is 2.46. The van der Waals surface area contributed by atoms with Crippen molar-refractivity contribution in [1.29, 1.82) is 0 Å². The lowest BCUT2D eigenvalue weighted by Crippen LogP contribution is -2.48. The van der Waals surface area contributed by atoms with Crippen LogP contribution in [0, 0.1) is 0 Å². The van der Waals surface area contributed by atoms with Gasteiger partial charge >= 0.3 is 0 Å². The molecule has 3 saturated heterocycles. The van der Waals surface area contributed by atoms with Crippen LogP contribution in [0.2, 0.25) is 0 Å². The third kappa shape index (κ3) is 3.13. The molecule has 1 spiro atoms. The molecule has 0 unspecified atom stereocenters. The van der Waals surface area contributed by atoms with Gasteiger partial charge in [0.25, 0.3) is 5.91 Å². The number of amides is 2. The standard InChI is InChI=1S/C16H26N2O4/c1-21-12-14(19)17-10-6-16(7-11-17)5-4-13(22-16)15(20)18-8-2-3-9-18/h13H,2-12H2,1H3/t13-/m0/s1. The molecule has 3 heterocycles. The molecule has 3 fully saturated rings. The summed E-state index contributed by atoms with van der Waals surface area (Å²) in [6.45, 7) is 3.31. The summed E-state index contributed by atoms with van der Waals surface area (Å²) < 4.78 is 11.1. The van der Waals surface area contributed by atoms with Gasteiger partial charge < -0.3 is 19.3 Å². The SMILES string of the molecule is COCC(=O)N1CCC2(CC[C@@H](C(=O)N3CCCC3)O2)CC1. The molecular weight excluding hydrogens is 284 g/mol. The predicted octanol–water partition coefficient (Wildman–Crippen LogP) is 0.795. The highest BCUT2D eigenvalue weighted by molar-refractivity contribution is 5.81. The van der Waals surface area contributed by atoms with Crippen LogP contribution in [0.4, 0.5) is 0 Å². The molecule has 3 aliphatic rings. The number of methoxy groups -OCH3 is 1. The number of nitrogens with zero attached hydrogens (tertiary/aromatic N) is 2. The largest absolute Gasteiger partial charge is 0.375 e. The summed E-state index contributed by atoms with van der Waals surface area (Å²) in [5, 5.41) is 0. The Bertz CT molecular complexity index is 426. The number of rotatable bonds is 3. The number of hydrogen-bond donors (Lipinski definition) is 0. The van der Waals surface area contributed by atoms with E-state index in [1.54, 1.807) is 0 Å². The molecule has 0 bridgehead atoms. The van der Waals surface area contributed by atoms with Gasteiger partial charge in [0.05, 0.1) is 5.60 Å². The van der Waals surface area contributed by atoms with Crippen molar-refractivity contribution in [3.05, 3.63) is 0 Å². The van der Waals surface area contributed by atoms with Crippen LogP contribution in [0.1, 0.15) is 38.5 Å². The minimum Gasteiger partial charge on any atom is -0.375 e. The minimum absolute atomic E-state index is 0.0417. The Morgan fingerprint density at radius 3 is 2.41 bits per heavy atom. The van der Waals surface area contributed by atoms with Crippen LogP contribution in [-0.4, -0.2) is 73.2 Å². The summed E-state index contributed by atoms with van der Waals surface area (Å²) in [6, 6.07) is 0. The minimum atomic E-state index is -0.265. The van der Waals surface area contributed by atoms with Crippen molar-refractivity contribution in [2.45, 2.75) is 50.2 Å². The van der Waals surface area contributed by atoms with Crippen molar-refractivity contribution in [3.8, 4) is 0 Å². The summed E-state index contributed by atoms with van der Waals surface area (Å²) in [5.74, 6) is 0.215. The molecule has 6 nitrogen and oxygen atoms in total. The van der Waals surface area contributed by atoms with Gasteiger partial charge in [-0.15, -0.1) is 0 Å². The van der Waals surface area contributed by atoms with Crippen molar-refractivity contribution >= 4 is 11.8 Å². The van der Waals surface area contributed by atoms with Crippen LogP contribution in [0.25, 0.3) is 0 Å². The van der Waals surface area contributed by atoms with Crippen LogP contribution in [-0.2, 0) is 19.1 Å². The zero-order valence-electron chi connectivity index (χ0n) is 13.4. The van der Waals surface area contributed by atoms with E-state index in [1.807, 2.05) is 9.80 Å². The van der Waals surface area contributed by atoms with E-state index >= 15 is 0 Å². The normalized spacial score (nSPS) is 27.6. The van der Waals surface area contributed by atoms with Crippen molar-refractivity contribution in [2.24, 2.45) is 0 Å². The van der Waals surface area contributed by atoms with Crippen LogP contribution in [0.15, 0.2) is 0 Å².